The largest absolute Gasteiger partial charge is 0.476 e. The van der Waals surface area contributed by atoms with Crippen molar-refractivity contribution in [3.8, 4) is 0 Å². The second-order valence-corrected chi connectivity index (χ2v) is 5.05. The second-order valence-electron chi connectivity index (χ2n) is 3.79. The lowest BCUT2D eigenvalue weighted by molar-refractivity contribution is 0.0692. The van der Waals surface area contributed by atoms with Crippen LogP contribution in [0.4, 0.5) is 5.69 Å². The molecule has 7 heteroatoms. The third-order valence-electron chi connectivity index (χ3n) is 2.44. The molecule has 0 unspecified atom stereocenters. The van der Waals surface area contributed by atoms with E-state index in [4.69, 9.17) is 16.7 Å². The normalized spacial score (nSPS) is 10.1. The Hall–Kier alpha value is -1.92. The van der Waals surface area contributed by atoms with Crippen molar-refractivity contribution < 1.29 is 14.7 Å². The summed E-state index contributed by atoms with van der Waals surface area (Å²) in [6.45, 7) is 0. The van der Waals surface area contributed by atoms with E-state index in [1.165, 1.54) is 24.4 Å². The van der Waals surface area contributed by atoms with E-state index in [0.717, 1.165) is 0 Å². The van der Waals surface area contributed by atoms with Crippen molar-refractivity contribution in [2.45, 2.75) is 0 Å². The fraction of sp³-hybridized carbons (Fsp3) is 0. The number of amides is 1. The van der Waals surface area contributed by atoms with Gasteiger partial charge in [0.15, 0.2) is 5.69 Å². The van der Waals surface area contributed by atoms with Gasteiger partial charge in [0.1, 0.15) is 0 Å². The quantitative estimate of drug-likeness (QED) is 0.884. The molecule has 0 fully saturated rings. The fourth-order valence-electron chi connectivity index (χ4n) is 1.51. The summed E-state index contributed by atoms with van der Waals surface area (Å²) >= 11 is 9.13. The van der Waals surface area contributed by atoms with Crippen molar-refractivity contribution >= 4 is 45.1 Å². The maximum atomic E-state index is 12.0. The number of nitrogens with one attached hydrogen (secondary N) is 1. The first-order valence-electron chi connectivity index (χ1n) is 5.44. The zero-order valence-corrected chi connectivity index (χ0v) is 12.3. The zero-order valence-electron chi connectivity index (χ0n) is 9.93. The maximum Gasteiger partial charge on any atom is 0.356 e. The van der Waals surface area contributed by atoms with E-state index in [2.05, 4.69) is 26.2 Å². The molecule has 1 heterocycles. The molecule has 0 atom stereocenters. The Balaban J connectivity index is 2.28. The van der Waals surface area contributed by atoms with E-state index in [1.807, 2.05) is 0 Å². The number of nitrogens with zero attached hydrogens (tertiary/aromatic N) is 1. The lowest BCUT2D eigenvalue weighted by Crippen LogP contribution is -2.15. The van der Waals surface area contributed by atoms with Crippen molar-refractivity contribution in [3.05, 3.63) is 57.3 Å². The molecule has 2 N–H and O–H groups in total. The molecule has 0 radical (unpaired) electrons. The van der Waals surface area contributed by atoms with Gasteiger partial charge in [0.2, 0.25) is 0 Å². The van der Waals surface area contributed by atoms with E-state index in [1.54, 1.807) is 12.1 Å². The third-order valence-corrected chi connectivity index (χ3v) is 3.67. The Morgan fingerprint density at radius 2 is 2.05 bits per heavy atom. The molecule has 0 spiro atoms. The summed E-state index contributed by atoms with van der Waals surface area (Å²) in [5, 5.41) is 11.9. The van der Waals surface area contributed by atoms with Crippen LogP contribution in [0.15, 0.2) is 41.0 Å². The van der Waals surface area contributed by atoms with Crippen LogP contribution in [-0.2, 0) is 0 Å². The van der Waals surface area contributed by atoms with Gasteiger partial charge in [-0.3, -0.25) is 4.79 Å². The first-order chi connectivity index (χ1) is 9.49. The first kappa shape index (κ1) is 14.5. The summed E-state index contributed by atoms with van der Waals surface area (Å²) < 4.78 is 0.670. The number of carboxylic acids is 1. The number of hydrogen-bond donors (Lipinski definition) is 2. The van der Waals surface area contributed by atoms with Gasteiger partial charge in [0, 0.05) is 16.2 Å². The van der Waals surface area contributed by atoms with Crippen LogP contribution in [0.25, 0.3) is 0 Å². The van der Waals surface area contributed by atoms with Gasteiger partial charge in [-0.15, -0.1) is 0 Å². The summed E-state index contributed by atoms with van der Waals surface area (Å²) in [6.07, 6.45) is 1.34. The smallest absolute Gasteiger partial charge is 0.356 e. The van der Waals surface area contributed by atoms with Crippen molar-refractivity contribution in [2.75, 3.05) is 5.32 Å². The van der Waals surface area contributed by atoms with E-state index in [9.17, 15) is 9.59 Å². The molecule has 1 amide bonds. The van der Waals surface area contributed by atoms with Gasteiger partial charge in [0.05, 0.1) is 10.7 Å². The van der Waals surface area contributed by atoms with Gasteiger partial charge in [-0.2, -0.15) is 0 Å². The second kappa shape index (κ2) is 6.02. The Morgan fingerprint density at radius 3 is 2.70 bits per heavy atom. The molecule has 0 aliphatic rings. The Bertz CT molecular complexity index is 691. The predicted molar refractivity (Wildman–Crippen MR) is 78.3 cm³/mol. The van der Waals surface area contributed by atoms with Crippen molar-refractivity contribution in [3.63, 3.8) is 0 Å². The highest BCUT2D eigenvalue weighted by molar-refractivity contribution is 9.10. The van der Waals surface area contributed by atoms with Crippen LogP contribution in [0.3, 0.4) is 0 Å². The molecule has 20 heavy (non-hydrogen) atoms. The molecule has 5 nitrogen and oxygen atoms in total. The first-order valence-corrected chi connectivity index (χ1v) is 6.61. The summed E-state index contributed by atoms with van der Waals surface area (Å²) in [7, 11) is 0. The number of pyridine rings is 1. The molecule has 1 aromatic heterocycles. The molecular weight excluding hydrogens is 348 g/mol. The van der Waals surface area contributed by atoms with Crippen LogP contribution in [0.1, 0.15) is 20.8 Å². The molecule has 0 bridgehead atoms. The van der Waals surface area contributed by atoms with Crippen molar-refractivity contribution in [2.24, 2.45) is 0 Å². The van der Waals surface area contributed by atoms with Crippen LogP contribution in [-0.4, -0.2) is 22.0 Å². The number of carboxylic acid groups (broad SMARTS) is 1. The molecule has 1 aromatic carbocycles. The lowest BCUT2D eigenvalue weighted by atomic mass is 10.2. The third kappa shape index (κ3) is 3.15. The molecule has 102 valence electrons. The minimum Gasteiger partial charge on any atom is -0.476 e. The summed E-state index contributed by atoms with van der Waals surface area (Å²) in [4.78, 5) is 26.8. The molecule has 0 saturated heterocycles. The SMILES string of the molecule is O=C(Nc1cccnc1C(=O)O)c1ccc(Br)c(Cl)c1. The van der Waals surface area contributed by atoms with Crippen LogP contribution >= 0.6 is 27.5 Å². The molecule has 0 aliphatic carbocycles. The van der Waals surface area contributed by atoms with Gasteiger partial charge < -0.3 is 10.4 Å². The topological polar surface area (TPSA) is 79.3 Å². The minimum absolute atomic E-state index is 0.129. The van der Waals surface area contributed by atoms with Crippen molar-refractivity contribution in [1.29, 1.82) is 0 Å². The standard InChI is InChI=1S/C13H8BrClN2O3/c14-8-4-3-7(6-9(8)15)12(18)17-10-2-1-5-16-11(10)13(19)20/h1-6H,(H,17,18)(H,19,20). The number of halogens is 2. The van der Waals surface area contributed by atoms with Crippen LogP contribution < -0.4 is 5.32 Å². The Morgan fingerprint density at radius 1 is 1.30 bits per heavy atom. The summed E-state index contributed by atoms with van der Waals surface area (Å²) in [6, 6.07) is 7.70. The summed E-state index contributed by atoms with van der Waals surface area (Å²) in [5.41, 5.74) is 0.228. The van der Waals surface area contributed by atoms with Gasteiger partial charge in [-0.25, -0.2) is 9.78 Å². The Labute approximate surface area is 127 Å². The molecule has 0 saturated carbocycles. The van der Waals surface area contributed by atoms with Crippen LogP contribution in [0, 0.1) is 0 Å². The monoisotopic (exact) mass is 354 g/mol. The van der Waals surface area contributed by atoms with Crippen LogP contribution in [0.2, 0.25) is 5.02 Å². The van der Waals surface area contributed by atoms with Gasteiger partial charge in [-0.05, 0) is 46.3 Å². The minimum atomic E-state index is -1.21. The fourth-order valence-corrected chi connectivity index (χ4v) is 1.94. The number of benzene rings is 1. The number of carbonyl (C=O) groups excluding carboxylic acids is 1. The average Bonchev–Trinajstić information content (AvgIpc) is 2.42. The molecule has 0 aliphatic heterocycles. The number of rotatable bonds is 3. The molecule has 2 aromatic rings. The van der Waals surface area contributed by atoms with Crippen molar-refractivity contribution in [1.82, 2.24) is 4.98 Å². The molecular formula is C13H8BrClN2O3. The van der Waals surface area contributed by atoms with Crippen LogP contribution in [0.5, 0.6) is 0 Å². The zero-order chi connectivity index (χ0) is 14.7. The number of aromatic nitrogens is 1. The number of anilines is 1. The number of hydrogen-bond acceptors (Lipinski definition) is 3. The predicted octanol–water partition coefficient (Wildman–Crippen LogP) is 3.45. The number of carbonyl (C=O) groups is 2. The van der Waals surface area contributed by atoms with Gasteiger partial charge in [-0.1, -0.05) is 11.6 Å². The van der Waals surface area contributed by atoms with E-state index < -0.39 is 11.9 Å². The maximum absolute atomic E-state index is 12.0. The highest BCUT2D eigenvalue weighted by Gasteiger charge is 2.14. The van der Waals surface area contributed by atoms with E-state index in [0.29, 0.717) is 15.1 Å². The number of aromatic carboxylic acids is 1. The van der Waals surface area contributed by atoms with Gasteiger partial charge >= 0.3 is 5.97 Å². The highest BCUT2D eigenvalue weighted by Crippen LogP contribution is 2.24. The highest BCUT2D eigenvalue weighted by atomic mass is 79.9. The van der Waals surface area contributed by atoms with Gasteiger partial charge in [0.25, 0.3) is 5.91 Å². The van der Waals surface area contributed by atoms with E-state index >= 15 is 0 Å². The van der Waals surface area contributed by atoms with E-state index in [-0.39, 0.29) is 11.4 Å². The summed E-state index contributed by atoms with van der Waals surface area (Å²) in [5.74, 6) is -1.68. The Kier molecular flexibility index (Phi) is 4.36. The lowest BCUT2D eigenvalue weighted by Gasteiger charge is -2.08. The average molecular weight is 356 g/mol. The molecule has 2 rings (SSSR count).